The Morgan fingerprint density at radius 2 is 1.83 bits per heavy atom. The molecular formula is C33H46BrN3O5. The standard InChI is InChI=1S/C33H46BrN3O5/c1-7-13-22(6)36(17-9-3)32(41)29-33-18-24(34)28(42-33)26(27(33)31(40)37(29)25(20-38)21(4)5)30(39)35(16-8-2)19-23-14-11-10-12-15-23/h8-12,14-15,21-22,24-29,38H,2-3,7,13,16-20H2,1,4-6H3/t22?,24?,25-,26+,27-,28+,29?,33?/m0/s1. The molecule has 8 nitrogen and oxygen atoms in total. The zero-order valence-electron chi connectivity index (χ0n) is 25.3. The Morgan fingerprint density at radius 1 is 1.17 bits per heavy atom. The van der Waals surface area contributed by atoms with Crippen LogP contribution >= 0.6 is 15.9 Å². The number of halogens is 1. The van der Waals surface area contributed by atoms with Gasteiger partial charge in [0.05, 0.1) is 30.6 Å². The lowest BCUT2D eigenvalue weighted by atomic mass is 9.70. The number of benzene rings is 1. The zero-order valence-corrected chi connectivity index (χ0v) is 26.9. The summed E-state index contributed by atoms with van der Waals surface area (Å²) in [5.74, 6) is -2.42. The van der Waals surface area contributed by atoms with Crippen LogP contribution in [0, 0.1) is 17.8 Å². The average Bonchev–Trinajstić information content (AvgIpc) is 3.55. The van der Waals surface area contributed by atoms with Crippen molar-refractivity contribution in [3.05, 3.63) is 61.2 Å². The second-order valence-corrected chi connectivity index (χ2v) is 13.5. The molecule has 42 heavy (non-hydrogen) atoms. The van der Waals surface area contributed by atoms with Crippen molar-refractivity contribution in [2.24, 2.45) is 17.8 Å². The van der Waals surface area contributed by atoms with E-state index in [0.717, 1.165) is 18.4 Å². The fraction of sp³-hybridized carbons (Fsp3) is 0.606. The summed E-state index contributed by atoms with van der Waals surface area (Å²) in [5.41, 5.74) is -0.215. The molecule has 3 heterocycles. The number of carbonyl (C=O) groups excluding carboxylic acids is 3. The van der Waals surface area contributed by atoms with Crippen LogP contribution in [0.2, 0.25) is 0 Å². The first-order chi connectivity index (χ1) is 20.1. The van der Waals surface area contributed by atoms with Crippen molar-refractivity contribution >= 4 is 33.7 Å². The second kappa shape index (κ2) is 13.4. The predicted molar refractivity (Wildman–Crippen MR) is 167 cm³/mol. The lowest BCUT2D eigenvalue weighted by Gasteiger charge is -2.42. The van der Waals surface area contributed by atoms with Crippen LogP contribution in [0.15, 0.2) is 55.6 Å². The van der Waals surface area contributed by atoms with Crippen LogP contribution in [0.3, 0.4) is 0 Å². The average molecular weight is 645 g/mol. The van der Waals surface area contributed by atoms with E-state index in [1.54, 1.807) is 26.9 Å². The topological polar surface area (TPSA) is 90.4 Å². The van der Waals surface area contributed by atoms with Gasteiger partial charge in [-0.05, 0) is 31.2 Å². The van der Waals surface area contributed by atoms with Crippen molar-refractivity contribution in [1.29, 1.82) is 0 Å². The van der Waals surface area contributed by atoms with Gasteiger partial charge in [0.25, 0.3) is 0 Å². The van der Waals surface area contributed by atoms with E-state index < -0.39 is 35.6 Å². The molecule has 3 fully saturated rings. The quantitative estimate of drug-likeness (QED) is 0.243. The van der Waals surface area contributed by atoms with Crippen LogP contribution < -0.4 is 0 Å². The number of ether oxygens (including phenoxy) is 1. The SMILES string of the molecule is C=CCN(Cc1ccccc1)C(=O)[C@H]1[C@@H]2OC3(CC2Br)C(C(=O)N(CC=C)C(C)CCC)N([C@@H](CO)C(C)C)C(=O)[C@H]13. The Bertz CT molecular complexity index is 1160. The fourth-order valence-corrected chi connectivity index (χ4v) is 8.31. The number of fused-ring (bicyclic) bond motifs is 1. The normalized spacial score (nSPS) is 29.4. The molecule has 9 heteroatoms. The summed E-state index contributed by atoms with van der Waals surface area (Å²) >= 11 is 3.78. The first-order valence-corrected chi connectivity index (χ1v) is 16.1. The number of rotatable bonds is 14. The number of nitrogens with zero attached hydrogens (tertiary/aromatic N) is 3. The Kier molecular flexibility index (Phi) is 10.4. The van der Waals surface area contributed by atoms with E-state index in [0.29, 0.717) is 26.1 Å². The summed E-state index contributed by atoms with van der Waals surface area (Å²) in [6.45, 7) is 16.4. The van der Waals surface area contributed by atoms with Gasteiger partial charge < -0.3 is 24.5 Å². The molecule has 4 unspecified atom stereocenters. The van der Waals surface area contributed by atoms with Crippen molar-refractivity contribution in [3.8, 4) is 0 Å². The van der Waals surface area contributed by atoms with Crippen LogP contribution in [-0.4, -0.2) is 91.9 Å². The third-order valence-electron chi connectivity index (χ3n) is 9.28. The second-order valence-electron chi connectivity index (χ2n) is 12.3. The van der Waals surface area contributed by atoms with Gasteiger partial charge in [0.2, 0.25) is 17.7 Å². The Hall–Kier alpha value is -2.49. The van der Waals surface area contributed by atoms with E-state index in [4.69, 9.17) is 4.74 Å². The van der Waals surface area contributed by atoms with Gasteiger partial charge in [0.15, 0.2) is 0 Å². The van der Waals surface area contributed by atoms with Crippen molar-refractivity contribution in [1.82, 2.24) is 14.7 Å². The minimum atomic E-state index is -1.19. The van der Waals surface area contributed by atoms with Crippen LogP contribution in [0.25, 0.3) is 0 Å². The Labute approximate surface area is 258 Å². The highest BCUT2D eigenvalue weighted by Crippen LogP contribution is 2.61. The largest absolute Gasteiger partial charge is 0.394 e. The zero-order chi connectivity index (χ0) is 30.8. The van der Waals surface area contributed by atoms with Gasteiger partial charge in [-0.25, -0.2) is 0 Å². The summed E-state index contributed by atoms with van der Waals surface area (Å²) < 4.78 is 6.75. The van der Waals surface area contributed by atoms with Gasteiger partial charge in [-0.2, -0.15) is 0 Å². The molecule has 1 N–H and O–H groups in total. The third-order valence-corrected chi connectivity index (χ3v) is 10.1. The smallest absolute Gasteiger partial charge is 0.248 e. The molecule has 0 radical (unpaired) electrons. The number of carbonyl (C=O) groups is 3. The molecule has 0 aromatic heterocycles. The maximum Gasteiger partial charge on any atom is 0.248 e. The maximum absolute atomic E-state index is 14.6. The first kappa shape index (κ1) is 32.4. The number of alkyl halides is 1. The fourth-order valence-electron chi connectivity index (χ4n) is 7.37. The van der Waals surface area contributed by atoms with E-state index >= 15 is 0 Å². The first-order valence-electron chi connectivity index (χ1n) is 15.2. The molecule has 1 aromatic rings. The van der Waals surface area contributed by atoms with E-state index in [2.05, 4.69) is 36.0 Å². The molecule has 0 aliphatic carbocycles. The van der Waals surface area contributed by atoms with Gasteiger partial charge in [0, 0.05) is 30.5 Å². The van der Waals surface area contributed by atoms with Crippen LogP contribution in [0.4, 0.5) is 0 Å². The number of aliphatic hydroxyl groups excluding tert-OH is 1. The lowest BCUT2D eigenvalue weighted by Crippen LogP contribution is -2.61. The minimum absolute atomic E-state index is 0.0794. The molecule has 1 spiro atoms. The van der Waals surface area contributed by atoms with Crippen molar-refractivity contribution < 1.29 is 24.2 Å². The molecule has 8 atom stereocenters. The van der Waals surface area contributed by atoms with Crippen molar-refractivity contribution in [3.63, 3.8) is 0 Å². The third kappa shape index (κ3) is 5.60. The van der Waals surface area contributed by atoms with Gasteiger partial charge in [-0.1, -0.05) is 85.6 Å². The molecule has 1 aromatic carbocycles. The highest BCUT2D eigenvalue weighted by atomic mass is 79.9. The minimum Gasteiger partial charge on any atom is -0.394 e. The molecule has 3 saturated heterocycles. The lowest BCUT2D eigenvalue weighted by molar-refractivity contribution is -0.154. The van der Waals surface area contributed by atoms with Crippen LogP contribution in [0.5, 0.6) is 0 Å². The van der Waals surface area contributed by atoms with Gasteiger partial charge in [-0.3, -0.25) is 14.4 Å². The number of hydrogen-bond acceptors (Lipinski definition) is 5. The molecule has 3 amide bonds. The molecular weight excluding hydrogens is 598 g/mol. The molecule has 3 aliphatic heterocycles. The van der Waals surface area contributed by atoms with E-state index in [-0.39, 0.29) is 41.1 Å². The van der Waals surface area contributed by atoms with Crippen molar-refractivity contribution in [2.75, 3.05) is 19.7 Å². The maximum atomic E-state index is 14.6. The predicted octanol–water partition coefficient (Wildman–Crippen LogP) is 4.17. The summed E-state index contributed by atoms with van der Waals surface area (Å²) in [4.78, 5) is 48.5. The number of aliphatic hydroxyl groups is 1. The summed E-state index contributed by atoms with van der Waals surface area (Å²) in [7, 11) is 0. The molecule has 230 valence electrons. The summed E-state index contributed by atoms with van der Waals surface area (Å²) in [6, 6.07) is 8.08. The molecule has 0 saturated carbocycles. The van der Waals surface area contributed by atoms with Gasteiger partial charge in [0.1, 0.15) is 11.6 Å². The Balaban J connectivity index is 1.80. The number of amides is 3. The van der Waals surface area contributed by atoms with Crippen LogP contribution in [0.1, 0.15) is 52.5 Å². The summed E-state index contributed by atoms with van der Waals surface area (Å²) in [6.07, 6.45) is 4.95. The Morgan fingerprint density at radius 3 is 2.40 bits per heavy atom. The molecule has 3 aliphatic rings. The number of hydrogen-bond donors (Lipinski definition) is 1. The highest BCUT2D eigenvalue weighted by Gasteiger charge is 2.77. The van der Waals surface area contributed by atoms with E-state index in [9.17, 15) is 19.5 Å². The molecule has 2 bridgehead atoms. The van der Waals surface area contributed by atoms with E-state index in [1.165, 1.54) is 0 Å². The monoisotopic (exact) mass is 643 g/mol. The molecule has 4 rings (SSSR count). The van der Waals surface area contributed by atoms with Gasteiger partial charge in [-0.15, -0.1) is 13.2 Å². The van der Waals surface area contributed by atoms with Crippen LogP contribution in [-0.2, 0) is 25.7 Å². The summed E-state index contributed by atoms with van der Waals surface area (Å²) in [5, 5.41) is 10.5. The van der Waals surface area contributed by atoms with E-state index in [1.807, 2.05) is 51.1 Å². The number of likely N-dealkylation sites (tertiary alicyclic amines) is 1. The van der Waals surface area contributed by atoms with Gasteiger partial charge >= 0.3 is 0 Å². The van der Waals surface area contributed by atoms with Crippen molar-refractivity contribution in [2.45, 2.75) is 88.2 Å². The highest BCUT2D eigenvalue weighted by molar-refractivity contribution is 9.09.